The molecule has 14 nitrogen and oxygen atoms in total. The van der Waals surface area contributed by atoms with E-state index < -0.39 is 23.3 Å². The number of ether oxygens (including phenoxy) is 3. The summed E-state index contributed by atoms with van der Waals surface area (Å²) in [6.45, 7) is 8.20. The van der Waals surface area contributed by atoms with Crippen molar-refractivity contribution in [2.45, 2.75) is 113 Å². The molecule has 5 aliphatic carbocycles. The third kappa shape index (κ3) is 6.03. The molecule has 5 fully saturated rings. The lowest BCUT2D eigenvalue weighted by Crippen LogP contribution is -2.84. The molecule has 2 heterocycles. The highest BCUT2D eigenvalue weighted by Gasteiger charge is 2.84. The van der Waals surface area contributed by atoms with Gasteiger partial charge in [0.15, 0.2) is 17.5 Å². The van der Waals surface area contributed by atoms with Crippen LogP contribution in [0.4, 0.5) is 4.79 Å². The summed E-state index contributed by atoms with van der Waals surface area (Å²) in [5.74, 6) is 0.857. The van der Waals surface area contributed by atoms with Crippen molar-refractivity contribution in [1.82, 2.24) is 20.9 Å². The molecule has 3 amide bonds. The van der Waals surface area contributed by atoms with Gasteiger partial charge in [0.2, 0.25) is 11.8 Å². The largest absolute Gasteiger partial charge is 0.482 e. The minimum Gasteiger partial charge on any atom is -0.482 e. The summed E-state index contributed by atoms with van der Waals surface area (Å²) in [7, 11) is 5.88. The third-order valence-electron chi connectivity index (χ3n) is 14.1. The van der Waals surface area contributed by atoms with E-state index in [0.717, 1.165) is 49.0 Å². The Kier molecular flexibility index (Phi) is 9.45. The number of rotatable bonds is 14. The van der Waals surface area contributed by atoms with E-state index in [0.29, 0.717) is 36.9 Å². The number of hydrogen-bond donors (Lipinski definition) is 6. The smallest absolute Gasteiger partial charge is 0.415 e. The number of piperidine rings is 1. The predicted molar refractivity (Wildman–Crippen MR) is 198 cm³/mol. The van der Waals surface area contributed by atoms with Crippen molar-refractivity contribution in [1.29, 1.82) is 5.41 Å². The van der Waals surface area contributed by atoms with Gasteiger partial charge in [0.05, 0.1) is 37.2 Å². The molecule has 1 saturated heterocycles. The normalized spacial score (nSPS) is 33.6. The number of amides is 3. The molecule has 2 spiro atoms. The first kappa shape index (κ1) is 37.7. The number of aliphatic hydroxyl groups is 1. The van der Waals surface area contributed by atoms with Crippen LogP contribution in [0.25, 0.3) is 0 Å². The van der Waals surface area contributed by atoms with Gasteiger partial charge in [-0.25, -0.2) is 4.79 Å². The second-order valence-corrected chi connectivity index (χ2v) is 17.7. The predicted octanol–water partition coefficient (Wildman–Crippen LogP) is 2.14. The molecular formula is C39H60N7O7+. The monoisotopic (exact) mass is 738 g/mol. The van der Waals surface area contributed by atoms with E-state index in [-0.39, 0.29) is 53.7 Å². The molecule has 292 valence electrons. The number of nitrogens with one attached hydrogen (secondary N) is 4. The minimum atomic E-state index is -0.972. The average Bonchev–Trinajstić information content (AvgIpc) is 3.83. The number of fused-ring (bicyclic) bond motifs is 2. The number of hydrogen-bond acceptors (Lipinski definition) is 8. The summed E-state index contributed by atoms with van der Waals surface area (Å²) in [5, 5.41) is 27.2. The number of nitrogens with two attached hydrogens (primary N) is 1. The van der Waals surface area contributed by atoms with Crippen LogP contribution in [0.15, 0.2) is 12.1 Å². The van der Waals surface area contributed by atoms with E-state index in [1.54, 1.807) is 14.2 Å². The highest BCUT2D eigenvalue weighted by Crippen LogP contribution is 2.78. The lowest BCUT2D eigenvalue weighted by atomic mass is 9.33. The molecule has 4 saturated carbocycles. The average molecular weight is 739 g/mol. The van der Waals surface area contributed by atoms with Crippen LogP contribution >= 0.6 is 0 Å². The van der Waals surface area contributed by atoms with Gasteiger partial charge in [-0.3, -0.25) is 15.0 Å². The fourth-order valence-corrected chi connectivity index (χ4v) is 11.8. The molecule has 1 aromatic carbocycles. The van der Waals surface area contributed by atoms with Gasteiger partial charge in [0.25, 0.3) is 0 Å². The van der Waals surface area contributed by atoms with Gasteiger partial charge >= 0.3 is 6.09 Å². The summed E-state index contributed by atoms with van der Waals surface area (Å²) in [4.78, 5) is 39.7. The molecule has 8 rings (SSSR count). The Morgan fingerprint density at radius 2 is 1.94 bits per heavy atom. The van der Waals surface area contributed by atoms with Crippen molar-refractivity contribution in [2.24, 2.45) is 23.0 Å². The van der Waals surface area contributed by atoms with Crippen LogP contribution in [-0.2, 0) is 26.2 Å². The van der Waals surface area contributed by atoms with E-state index in [1.165, 1.54) is 42.3 Å². The van der Waals surface area contributed by atoms with Gasteiger partial charge in [-0.05, 0) is 70.4 Å². The Balaban J connectivity index is 1.11. The van der Waals surface area contributed by atoms with Crippen molar-refractivity contribution < 1.29 is 38.2 Å². The van der Waals surface area contributed by atoms with Gasteiger partial charge in [-0.15, -0.1) is 0 Å². The van der Waals surface area contributed by atoms with Gasteiger partial charge in [-0.2, -0.15) is 0 Å². The molecule has 4 bridgehead atoms. The number of guanidine groups is 1. The maximum absolute atomic E-state index is 13.6. The second kappa shape index (κ2) is 13.3. The topological polar surface area (TPSA) is 188 Å². The highest BCUT2D eigenvalue weighted by atomic mass is 16.6. The van der Waals surface area contributed by atoms with Crippen LogP contribution < -0.4 is 31.2 Å². The zero-order valence-electron chi connectivity index (χ0n) is 32.3. The number of methoxy groups -OCH3 is 1. The Labute approximate surface area is 312 Å². The van der Waals surface area contributed by atoms with Crippen molar-refractivity contribution >= 4 is 23.9 Å². The summed E-state index contributed by atoms with van der Waals surface area (Å²) < 4.78 is 21.0. The zero-order valence-corrected chi connectivity index (χ0v) is 32.3. The van der Waals surface area contributed by atoms with Crippen LogP contribution in [0.3, 0.4) is 0 Å². The SMILES string of the molecule is CO[C@]12CC[C@@]3(C[C@@H]1C(C)(C)O)[C@H]1Cc4ccc(OC(=O)N(C)CCNC(=O)[C@H](CCCNC(=N)N)NC(C)=O)c5c4[C@@]3(CC[N+]1(C)CC1CC1)[C@H]2O5. The molecule has 2 aliphatic heterocycles. The van der Waals surface area contributed by atoms with Crippen molar-refractivity contribution in [2.75, 3.05) is 53.9 Å². The molecule has 14 heteroatoms. The first-order chi connectivity index (χ1) is 25.0. The van der Waals surface area contributed by atoms with E-state index in [2.05, 4.69) is 29.1 Å². The van der Waals surface area contributed by atoms with Gasteiger partial charge in [0.1, 0.15) is 17.7 Å². The molecule has 53 heavy (non-hydrogen) atoms. The molecule has 7 N–H and O–H groups in total. The van der Waals surface area contributed by atoms with E-state index in [4.69, 9.17) is 25.4 Å². The molecule has 0 radical (unpaired) electrons. The second-order valence-electron chi connectivity index (χ2n) is 17.7. The van der Waals surface area contributed by atoms with Crippen LogP contribution in [-0.4, -0.2) is 122 Å². The number of carbonyl (C=O) groups excluding carboxylic acids is 3. The Morgan fingerprint density at radius 1 is 1.19 bits per heavy atom. The van der Waals surface area contributed by atoms with Crippen molar-refractivity contribution in [3.05, 3.63) is 23.3 Å². The van der Waals surface area contributed by atoms with Crippen molar-refractivity contribution in [3.8, 4) is 11.5 Å². The van der Waals surface area contributed by atoms with Crippen LogP contribution in [0.2, 0.25) is 0 Å². The fraction of sp³-hybridized carbons (Fsp3) is 0.744. The van der Waals surface area contributed by atoms with Gasteiger partial charge in [0, 0.05) is 76.4 Å². The van der Waals surface area contributed by atoms with Crippen LogP contribution in [0, 0.1) is 22.7 Å². The summed E-state index contributed by atoms with van der Waals surface area (Å²) in [5.41, 5.74) is 5.75. The number of quaternary nitrogens is 1. The Hall–Kier alpha value is -3.62. The molecular weight excluding hydrogens is 678 g/mol. The molecule has 7 aliphatic rings. The number of carbonyl (C=O) groups is 3. The first-order valence-corrected chi connectivity index (χ1v) is 19.5. The lowest BCUT2D eigenvalue weighted by Gasteiger charge is -2.75. The molecule has 1 aromatic rings. The molecule has 0 aromatic heterocycles. The number of nitrogens with zero attached hydrogens (tertiary/aromatic N) is 2. The fourth-order valence-electron chi connectivity index (χ4n) is 11.8. The Bertz CT molecular complexity index is 1660. The standard InChI is InChI=1S/C39H59N7O7/c1-23(47)44-26(8-7-16-43-34(40)41)32(48)42-17-18-45(4)35(49)52-27-12-11-25-20-29-37-13-14-39(51-6,28(21-37)36(2,3)50)33-38(37,30(25)31(27)53-33)15-19-46(29,5)22-24-9-10-24/h11-12,24,26,28-29,33,50H,7-10,13-22H2,1-6H3,(H5-,40,41,42,43,44,47,48)/p+1/t26-,28+,29+,33+,37+,38-,39+,46?/m0/s1. The maximum atomic E-state index is 13.6. The lowest BCUT2D eigenvalue weighted by molar-refractivity contribution is -0.952. The summed E-state index contributed by atoms with van der Waals surface area (Å²) >= 11 is 0. The number of likely N-dealkylation sites (tertiary alicyclic amines) is 1. The quantitative estimate of drug-likeness (QED) is 0.0720. The van der Waals surface area contributed by atoms with Crippen LogP contribution in [0.1, 0.15) is 83.3 Å². The van der Waals surface area contributed by atoms with Crippen LogP contribution in [0.5, 0.6) is 11.5 Å². The van der Waals surface area contributed by atoms with Gasteiger partial charge in [-0.1, -0.05) is 6.07 Å². The summed E-state index contributed by atoms with van der Waals surface area (Å²) in [6, 6.07) is 3.67. The number of benzene rings is 1. The maximum Gasteiger partial charge on any atom is 0.415 e. The first-order valence-electron chi connectivity index (χ1n) is 19.5. The zero-order chi connectivity index (χ0) is 38.1. The van der Waals surface area contributed by atoms with Gasteiger partial charge < -0.3 is 50.4 Å². The van der Waals surface area contributed by atoms with E-state index in [1.807, 2.05) is 19.9 Å². The van der Waals surface area contributed by atoms with E-state index >= 15 is 0 Å². The number of likely N-dealkylation sites (N-methyl/N-ethyl adjacent to an activating group) is 2. The Morgan fingerprint density at radius 3 is 2.60 bits per heavy atom. The van der Waals surface area contributed by atoms with E-state index in [9.17, 15) is 19.5 Å². The summed E-state index contributed by atoms with van der Waals surface area (Å²) in [6.07, 6.45) is 7.23. The third-order valence-corrected chi connectivity index (χ3v) is 14.1. The highest BCUT2D eigenvalue weighted by molar-refractivity contribution is 5.86. The van der Waals surface area contributed by atoms with Crippen molar-refractivity contribution in [3.63, 3.8) is 0 Å². The minimum absolute atomic E-state index is 0.0839. The molecule has 1 unspecified atom stereocenters. The molecule has 8 atom stereocenters.